The minimum absolute atomic E-state index is 0.0530. The van der Waals surface area contributed by atoms with Crippen LogP contribution >= 0.6 is 46.0 Å². The molecule has 0 radical (unpaired) electrons. The summed E-state index contributed by atoms with van der Waals surface area (Å²) in [6, 6.07) is 3.71. The number of nitrogens with one attached hydrogen (secondary N) is 2. The fourth-order valence-electron chi connectivity index (χ4n) is 1.91. The van der Waals surface area contributed by atoms with Crippen LogP contribution in [0.3, 0.4) is 0 Å². The molecule has 2 amide bonds. The first-order valence-electron chi connectivity index (χ1n) is 7.63. The van der Waals surface area contributed by atoms with E-state index in [4.69, 9.17) is 11.6 Å². The Morgan fingerprint density at radius 3 is 2.59 bits per heavy atom. The van der Waals surface area contributed by atoms with Gasteiger partial charge in [-0.25, -0.2) is 0 Å². The molecule has 0 bridgehead atoms. The Kier molecular flexibility index (Phi) is 6.68. The van der Waals surface area contributed by atoms with Crippen molar-refractivity contribution in [1.29, 1.82) is 0 Å². The van der Waals surface area contributed by atoms with Crippen molar-refractivity contribution >= 4 is 73.8 Å². The molecule has 3 aromatic rings. The summed E-state index contributed by atoms with van der Waals surface area (Å²) in [6.07, 6.45) is 0. The zero-order chi connectivity index (χ0) is 21.0. The largest absolute Gasteiger partial charge is 0.300 e. The molecule has 1 aromatic carbocycles. The summed E-state index contributed by atoms with van der Waals surface area (Å²) in [5, 5.41) is 32.6. The molecule has 11 nitrogen and oxygen atoms in total. The third-order valence-electron chi connectivity index (χ3n) is 3.13. The van der Waals surface area contributed by atoms with E-state index >= 15 is 0 Å². The number of carbonyl (C=O) groups excluding carboxylic acids is 2. The lowest BCUT2D eigenvalue weighted by molar-refractivity contribution is -0.384. The Morgan fingerprint density at radius 1 is 1.17 bits per heavy atom. The Morgan fingerprint density at radius 2 is 1.90 bits per heavy atom. The number of nitrogens with zero attached hydrogens (tertiary/aromatic N) is 5. The first-order valence-corrected chi connectivity index (χ1v) is 10.6. The number of aryl methyl sites for hydroxylation is 1. The molecular weight excluding hydrogens is 462 g/mol. The van der Waals surface area contributed by atoms with Crippen LogP contribution < -0.4 is 10.6 Å². The Balaban J connectivity index is 1.56. The Bertz CT molecular complexity index is 1090. The second kappa shape index (κ2) is 9.21. The molecule has 0 aliphatic rings. The normalized spacial score (nSPS) is 10.6. The van der Waals surface area contributed by atoms with Gasteiger partial charge in [0, 0.05) is 11.6 Å². The van der Waals surface area contributed by atoms with Crippen LogP contribution in [0.4, 0.5) is 16.0 Å². The number of carbonyl (C=O) groups is 2. The van der Waals surface area contributed by atoms with E-state index in [0.29, 0.717) is 9.47 Å². The van der Waals surface area contributed by atoms with Gasteiger partial charge in [0.15, 0.2) is 4.34 Å². The number of hydrogen-bond acceptors (Lipinski definition) is 11. The second-order valence-electron chi connectivity index (χ2n) is 5.21. The third-order valence-corrected chi connectivity index (χ3v) is 6.18. The first kappa shape index (κ1) is 21.0. The fourth-order valence-corrected chi connectivity index (χ4v) is 4.25. The molecule has 0 atom stereocenters. The van der Waals surface area contributed by atoms with E-state index in [9.17, 15) is 19.7 Å². The molecule has 0 aliphatic heterocycles. The van der Waals surface area contributed by atoms with Crippen molar-refractivity contribution in [1.82, 2.24) is 20.4 Å². The Labute approximate surface area is 180 Å². The zero-order valence-corrected chi connectivity index (χ0v) is 17.6. The van der Waals surface area contributed by atoms with E-state index in [2.05, 4.69) is 31.0 Å². The van der Waals surface area contributed by atoms with Gasteiger partial charge < -0.3 is 0 Å². The van der Waals surface area contributed by atoms with Gasteiger partial charge in [-0.1, -0.05) is 46.0 Å². The lowest BCUT2D eigenvalue weighted by Gasteiger charge is -2.02. The first-order chi connectivity index (χ1) is 13.8. The molecule has 0 spiro atoms. The van der Waals surface area contributed by atoms with Crippen molar-refractivity contribution in [3.63, 3.8) is 0 Å². The number of halogens is 1. The van der Waals surface area contributed by atoms with Gasteiger partial charge in [-0.2, -0.15) is 0 Å². The highest BCUT2D eigenvalue weighted by Crippen LogP contribution is 2.28. The molecule has 2 aromatic heterocycles. The van der Waals surface area contributed by atoms with Gasteiger partial charge in [0.05, 0.1) is 10.7 Å². The zero-order valence-electron chi connectivity index (χ0n) is 14.4. The molecule has 150 valence electrons. The molecular formula is C14H10ClN7O4S3. The van der Waals surface area contributed by atoms with Crippen molar-refractivity contribution in [2.75, 3.05) is 16.4 Å². The smallest absolute Gasteiger partial charge is 0.288 e. The van der Waals surface area contributed by atoms with Crippen molar-refractivity contribution in [2.24, 2.45) is 0 Å². The summed E-state index contributed by atoms with van der Waals surface area (Å²) in [6.45, 7) is 1.78. The predicted molar refractivity (Wildman–Crippen MR) is 110 cm³/mol. The monoisotopic (exact) mass is 471 g/mol. The van der Waals surface area contributed by atoms with Crippen LogP contribution in [0.2, 0.25) is 5.02 Å². The van der Waals surface area contributed by atoms with Crippen LogP contribution in [-0.2, 0) is 4.79 Å². The van der Waals surface area contributed by atoms with Crippen LogP contribution in [0.25, 0.3) is 0 Å². The number of hydrogen-bond donors (Lipinski definition) is 2. The lowest BCUT2D eigenvalue weighted by atomic mass is 10.2. The van der Waals surface area contributed by atoms with E-state index in [-0.39, 0.29) is 33.1 Å². The highest BCUT2D eigenvalue weighted by atomic mass is 35.5. The van der Waals surface area contributed by atoms with Gasteiger partial charge in [-0.05, 0) is 19.1 Å². The molecule has 2 N–H and O–H groups in total. The maximum absolute atomic E-state index is 12.3. The molecule has 29 heavy (non-hydrogen) atoms. The molecule has 0 saturated carbocycles. The summed E-state index contributed by atoms with van der Waals surface area (Å²) in [5.41, 5.74) is -0.318. The van der Waals surface area contributed by atoms with E-state index < -0.39 is 10.8 Å². The number of nitro benzene ring substituents is 1. The number of nitro groups is 1. The summed E-state index contributed by atoms with van der Waals surface area (Å²) >= 11 is 9.20. The van der Waals surface area contributed by atoms with E-state index in [1.807, 2.05) is 0 Å². The number of rotatable bonds is 7. The summed E-state index contributed by atoms with van der Waals surface area (Å²) < 4.78 is 0.464. The quantitative estimate of drug-likeness (QED) is 0.229. The van der Waals surface area contributed by atoms with Gasteiger partial charge in [-0.15, -0.1) is 20.4 Å². The average molecular weight is 472 g/mol. The van der Waals surface area contributed by atoms with Gasteiger partial charge in [0.2, 0.25) is 16.2 Å². The molecule has 0 saturated heterocycles. The predicted octanol–water partition coefficient (Wildman–Crippen LogP) is 3.24. The molecule has 0 fully saturated rings. The van der Waals surface area contributed by atoms with Crippen molar-refractivity contribution < 1.29 is 14.5 Å². The highest BCUT2D eigenvalue weighted by molar-refractivity contribution is 8.01. The highest BCUT2D eigenvalue weighted by Gasteiger charge is 2.18. The summed E-state index contributed by atoms with van der Waals surface area (Å²) in [4.78, 5) is 34.4. The van der Waals surface area contributed by atoms with Gasteiger partial charge in [-0.3, -0.25) is 30.3 Å². The number of amides is 2. The summed E-state index contributed by atoms with van der Waals surface area (Å²) in [5.74, 6) is -0.799. The molecule has 3 rings (SSSR count). The van der Waals surface area contributed by atoms with Crippen LogP contribution in [0.5, 0.6) is 0 Å². The second-order valence-corrected chi connectivity index (χ2v) is 9.00. The van der Waals surface area contributed by atoms with Crippen molar-refractivity contribution in [3.05, 3.63) is 43.9 Å². The topological polar surface area (TPSA) is 153 Å². The van der Waals surface area contributed by atoms with Crippen LogP contribution in [0.15, 0.2) is 22.5 Å². The fraction of sp³-hybridized carbons (Fsp3) is 0.143. The maximum atomic E-state index is 12.3. The summed E-state index contributed by atoms with van der Waals surface area (Å²) in [7, 11) is 0. The maximum Gasteiger partial charge on any atom is 0.288 e. The standard InChI is InChI=1S/C14H10ClN7O4S3/c1-6-18-19-12(28-6)16-10(23)5-27-14-21-20-13(29-14)17-11(24)7-2-3-8(15)9(4-7)22(25)26/h2-4H,5H2,1H3,(H,16,19,23)(H,17,20,24). The van der Waals surface area contributed by atoms with E-state index in [1.165, 1.54) is 23.5 Å². The lowest BCUT2D eigenvalue weighted by Crippen LogP contribution is -2.13. The number of aromatic nitrogens is 4. The van der Waals surface area contributed by atoms with E-state index in [1.54, 1.807) is 6.92 Å². The van der Waals surface area contributed by atoms with Crippen LogP contribution in [0, 0.1) is 17.0 Å². The minimum Gasteiger partial charge on any atom is -0.300 e. The van der Waals surface area contributed by atoms with Crippen molar-refractivity contribution in [3.8, 4) is 0 Å². The number of thioether (sulfide) groups is 1. The average Bonchev–Trinajstić information content (AvgIpc) is 3.28. The number of benzene rings is 1. The molecule has 0 unspecified atom stereocenters. The van der Waals surface area contributed by atoms with Crippen LogP contribution in [-0.4, -0.2) is 42.9 Å². The molecule has 15 heteroatoms. The van der Waals surface area contributed by atoms with Gasteiger partial charge >= 0.3 is 0 Å². The molecule has 0 aliphatic carbocycles. The van der Waals surface area contributed by atoms with Crippen LogP contribution in [0.1, 0.15) is 15.4 Å². The third kappa shape index (κ3) is 5.66. The van der Waals surface area contributed by atoms with Crippen molar-refractivity contribution in [2.45, 2.75) is 11.3 Å². The number of anilines is 2. The minimum atomic E-state index is -0.674. The van der Waals surface area contributed by atoms with E-state index in [0.717, 1.165) is 34.2 Å². The molecule has 2 heterocycles. The van der Waals surface area contributed by atoms with Gasteiger partial charge in [0.1, 0.15) is 10.0 Å². The SMILES string of the molecule is Cc1nnc(NC(=O)CSc2nnc(NC(=O)c3ccc(Cl)c([N+](=O)[O-])c3)s2)s1. The van der Waals surface area contributed by atoms with Gasteiger partial charge in [0.25, 0.3) is 11.6 Å². The Hall–Kier alpha value is -2.68.